The van der Waals surface area contributed by atoms with Gasteiger partial charge in [-0.2, -0.15) is 27.2 Å². The molecule has 3 aromatic heterocycles. The van der Waals surface area contributed by atoms with E-state index in [0.717, 1.165) is 18.5 Å². The van der Waals surface area contributed by atoms with Crippen LogP contribution in [0, 0.1) is 11.3 Å². The van der Waals surface area contributed by atoms with E-state index >= 15 is 0 Å². The number of nitrogens with zero attached hydrogens (tertiary/aromatic N) is 4. The summed E-state index contributed by atoms with van der Waals surface area (Å²) in [6.07, 6.45) is -1.51. The molecule has 0 N–H and O–H groups in total. The highest BCUT2D eigenvalue weighted by atomic mass is 32.2. The van der Waals surface area contributed by atoms with E-state index in [1.165, 1.54) is 25.3 Å². The Morgan fingerprint density at radius 1 is 1.14 bits per heavy atom. The van der Waals surface area contributed by atoms with Crippen molar-refractivity contribution in [1.82, 2.24) is 14.5 Å². The van der Waals surface area contributed by atoms with Gasteiger partial charge >= 0.3 is 12.1 Å². The quantitative estimate of drug-likeness (QED) is 0.462. The molecule has 0 aliphatic heterocycles. The summed E-state index contributed by atoms with van der Waals surface area (Å²) < 4.78 is 90.3. The molecule has 0 unspecified atom stereocenters. The van der Waals surface area contributed by atoms with Crippen molar-refractivity contribution in [2.45, 2.75) is 48.7 Å². The summed E-state index contributed by atoms with van der Waals surface area (Å²) in [5.41, 5.74) is -1.41. The lowest BCUT2D eigenvalue weighted by Gasteiger charge is -2.20. The van der Waals surface area contributed by atoms with E-state index in [0.29, 0.717) is 18.4 Å². The highest BCUT2D eigenvalue weighted by Crippen LogP contribution is 2.48. The molecular formula is C22H17F5N4O3S. The maximum Gasteiger partial charge on any atom is 0.455 e. The number of alkyl halides is 5. The van der Waals surface area contributed by atoms with Crippen LogP contribution in [0.25, 0.3) is 22.2 Å². The third-order valence-electron chi connectivity index (χ3n) is 5.97. The summed E-state index contributed by atoms with van der Waals surface area (Å²) in [5.74, 6) is -5.37. The minimum Gasteiger partial charge on any atom is -0.308 e. The number of pyridine rings is 3. The van der Waals surface area contributed by atoms with Crippen LogP contribution in [0.5, 0.6) is 0 Å². The third kappa shape index (κ3) is 4.27. The normalized spacial score (nSPS) is 15.7. The molecule has 4 rings (SSSR count). The van der Waals surface area contributed by atoms with Gasteiger partial charge in [0, 0.05) is 18.6 Å². The maximum absolute atomic E-state index is 13.4. The first-order chi connectivity index (χ1) is 16.2. The van der Waals surface area contributed by atoms with Crippen LogP contribution < -0.4 is 5.56 Å². The Bertz CT molecular complexity index is 1540. The lowest BCUT2D eigenvalue weighted by Crippen LogP contribution is -2.42. The monoisotopic (exact) mass is 512 g/mol. The summed E-state index contributed by atoms with van der Waals surface area (Å²) >= 11 is 0. The van der Waals surface area contributed by atoms with E-state index in [2.05, 4.69) is 16.0 Å². The molecule has 1 aliphatic carbocycles. The van der Waals surface area contributed by atoms with Crippen LogP contribution in [-0.4, -0.2) is 40.8 Å². The van der Waals surface area contributed by atoms with Gasteiger partial charge in [-0.15, -0.1) is 0 Å². The second kappa shape index (κ2) is 8.08. The van der Waals surface area contributed by atoms with Gasteiger partial charge in [-0.05, 0) is 42.0 Å². The minimum atomic E-state index is -5.83. The highest BCUT2D eigenvalue weighted by Gasteiger charge is 2.57. The number of sulfone groups is 1. The molecule has 0 aromatic carbocycles. The van der Waals surface area contributed by atoms with Crippen LogP contribution in [0.3, 0.4) is 0 Å². The molecule has 35 heavy (non-hydrogen) atoms. The zero-order chi connectivity index (χ0) is 25.8. The highest BCUT2D eigenvalue weighted by molar-refractivity contribution is 7.91. The van der Waals surface area contributed by atoms with Gasteiger partial charge in [0.25, 0.3) is 5.56 Å². The summed E-state index contributed by atoms with van der Waals surface area (Å²) in [5, 5.41) is 9.37. The van der Waals surface area contributed by atoms with Gasteiger partial charge in [-0.1, -0.05) is 6.92 Å². The molecule has 0 spiro atoms. The van der Waals surface area contributed by atoms with E-state index in [-0.39, 0.29) is 37.4 Å². The minimum absolute atomic E-state index is 0.0287. The zero-order valence-corrected chi connectivity index (χ0v) is 18.9. The first-order valence-corrected chi connectivity index (χ1v) is 12.0. The van der Waals surface area contributed by atoms with Gasteiger partial charge < -0.3 is 4.57 Å². The summed E-state index contributed by atoms with van der Waals surface area (Å²) in [4.78, 5) is 20.7. The van der Waals surface area contributed by atoms with Crippen LogP contribution in [0.15, 0.2) is 46.5 Å². The number of nitriles is 1. The summed E-state index contributed by atoms with van der Waals surface area (Å²) in [6.45, 7) is -0.453. The van der Waals surface area contributed by atoms with Crippen molar-refractivity contribution in [3.8, 4) is 17.5 Å². The van der Waals surface area contributed by atoms with E-state index in [1.54, 1.807) is 0 Å². The van der Waals surface area contributed by atoms with Gasteiger partial charge in [0.05, 0.1) is 39.8 Å². The molecule has 1 saturated carbocycles. The van der Waals surface area contributed by atoms with E-state index in [1.807, 2.05) is 0 Å². The molecule has 1 fully saturated rings. The van der Waals surface area contributed by atoms with Gasteiger partial charge in [-0.25, -0.2) is 8.42 Å². The van der Waals surface area contributed by atoms with Crippen LogP contribution in [0.1, 0.15) is 25.3 Å². The number of halogens is 5. The van der Waals surface area contributed by atoms with E-state index < -0.39 is 39.5 Å². The van der Waals surface area contributed by atoms with Crippen LogP contribution in [-0.2, 0) is 21.8 Å². The van der Waals surface area contributed by atoms with Crippen LogP contribution in [0.2, 0.25) is 0 Å². The van der Waals surface area contributed by atoms with Gasteiger partial charge in [0.15, 0.2) is 9.84 Å². The Balaban J connectivity index is 1.81. The fourth-order valence-corrected chi connectivity index (χ4v) is 4.69. The van der Waals surface area contributed by atoms with Crippen LogP contribution in [0.4, 0.5) is 22.0 Å². The van der Waals surface area contributed by atoms with E-state index in [9.17, 15) is 40.4 Å². The van der Waals surface area contributed by atoms with Crippen LogP contribution >= 0.6 is 0 Å². The maximum atomic E-state index is 13.4. The molecule has 0 atom stereocenters. The predicted octanol–water partition coefficient (Wildman–Crippen LogP) is 4.00. The summed E-state index contributed by atoms with van der Waals surface area (Å²) in [6, 6.07) is 6.02. The largest absolute Gasteiger partial charge is 0.455 e. The molecule has 0 radical (unpaired) electrons. The lowest BCUT2D eigenvalue weighted by atomic mass is 9.99. The third-order valence-corrected chi connectivity index (χ3v) is 7.71. The van der Waals surface area contributed by atoms with Crippen molar-refractivity contribution in [2.24, 2.45) is 0 Å². The van der Waals surface area contributed by atoms with Gasteiger partial charge in [-0.3, -0.25) is 14.8 Å². The number of rotatable bonds is 6. The number of hydrogen-bond acceptors (Lipinski definition) is 6. The fourth-order valence-electron chi connectivity index (χ4n) is 3.62. The average molecular weight is 512 g/mol. The molecule has 0 amide bonds. The molecular weight excluding hydrogens is 495 g/mol. The van der Waals surface area contributed by atoms with Crippen molar-refractivity contribution in [2.75, 3.05) is 5.75 Å². The van der Waals surface area contributed by atoms with Gasteiger partial charge in [0.2, 0.25) is 0 Å². The molecule has 7 nitrogen and oxygen atoms in total. The first kappa shape index (κ1) is 24.7. The molecule has 13 heteroatoms. The first-order valence-electron chi connectivity index (χ1n) is 10.3. The van der Waals surface area contributed by atoms with Crippen molar-refractivity contribution >= 4 is 20.6 Å². The molecule has 0 bridgehead atoms. The van der Waals surface area contributed by atoms with Crippen molar-refractivity contribution in [3.05, 3.63) is 52.7 Å². The second-order valence-corrected chi connectivity index (χ2v) is 10.5. The zero-order valence-electron chi connectivity index (χ0n) is 18.1. The SMILES string of the molecule is CCS(=O)(=O)c1cc(C2(C#N)CC2)cnc1-c1cc2ccn(CC(F)(F)C(F)(F)F)c(=O)c2cn1. The Kier molecular flexibility index (Phi) is 5.71. The molecule has 3 heterocycles. The van der Waals surface area contributed by atoms with Crippen molar-refractivity contribution in [1.29, 1.82) is 5.26 Å². The topological polar surface area (TPSA) is 106 Å². The smallest absolute Gasteiger partial charge is 0.308 e. The van der Waals surface area contributed by atoms with Crippen molar-refractivity contribution in [3.63, 3.8) is 0 Å². The Morgan fingerprint density at radius 3 is 2.40 bits per heavy atom. The Morgan fingerprint density at radius 2 is 1.83 bits per heavy atom. The Labute approximate surface area is 195 Å². The standard InChI is InChI=1S/C22H17F5N4O3S/c1-2-35(33,34)17-8-14(20(11-28)4-5-20)9-30-18(17)16-7-13-3-6-31(19(32)15(13)10-29-16)12-21(23,24)22(25,26)27/h3,6-10H,2,4-5,12H2,1H3. The number of hydrogen-bond donors (Lipinski definition) is 0. The van der Waals surface area contributed by atoms with Gasteiger partial charge in [0.1, 0.15) is 5.69 Å². The number of aromatic nitrogens is 3. The average Bonchev–Trinajstić information content (AvgIpc) is 3.61. The summed E-state index contributed by atoms with van der Waals surface area (Å²) in [7, 11) is -3.81. The molecule has 1 aliphatic rings. The van der Waals surface area contributed by atoms with Crippen molar-refractivity contribution < 1.29 is 30.4 Å². The number of fused-ring (bicyclic) bond motifs is 1. The van der Waals surface area contributed by atoms with E-state index in [4.69, 9.17) is 0 Å². The second-order valence-electron chi connectivity index (χ2n) is 8.28. The lowest BCUT2D eigenvalue weighted by molar-refractivity contribution is -0.287. The predicted molar refractivity (Wildman–Crippen MR) is 114 cm³/mol. The molecule has 184 valence electrons. The Hall–Kier alpha value is -3.40. The fraction of sp³-hybridized carbons (Fsp3) is 0.364. The molecule has 3 aromatic rings. The molecule has 0 saturated heterocycles.